The molecule has 9 nitrogen and oxygen atoms in total. The highest BCUT2D eigenvalue weighted by atomic mass is 32.2. The first-order valence-electron chi connectivity index (χ1n) is 14.2. The summed E-state index contributed by atoms with van der Waals surface area (Å²) in [6, 6.07) is 15.0. The van der Waals surface area contributed by atoms with Crippen molar-refractivity contribution >= 4 is 28.8 Å². The molecule has 1 fully saturated rings. The van der Waals surface area contributed by atoms with E-state index in [4.69, 9.17) is 23.9 Å². The van der Waals surface area contributed by atoms with Crippen molar-refractivity contribution in [1.82, 2.24) is 10.2 Å². The fourth-order valence-corrected chi connectivity index (χ4v) is 6.16. The van der Waals surface area contributed by atoms with Crippen LogP contribution in [0, 0.1) is 0 Å². The van der Waals surface area contributed by atoms with Crippen molar-refractivity contribution < 1.29 is 28.5 Å². The molecule has 3 heterocycles. The lowest BCUT2D eigenvalue weighted by atomic mass is 9.93. The van der Waals surface area contributed by atoms with E-state index in [1.54, 1.807) is 7.11 Å². The van der Waals surface area contributed by atoms with E-state index in [9.17, 15) is 9.59 Å². The Morgan fingerprint density at radius 3 is 2.69 bits per heavy atom. The number of carbonyl (C=O) groups is 2. The van der Waals surface area contributed by atoms with Gasteiger partial charge in [0.15, 0.2) is 16.7 Å². The van der Waals surface area contributed by atoms with Crippen LogP contribution < -0.4 is 14.8 Å². The average molecular weight is 592 g/mol. The third kappa shape index (κ3) is 6.82. The van der Waals surface area contributed by atoms with Crippen LogP contribution in [-0.2, 0) is 25.7 Å². The number of nitrogens with one attached hydrogen (secondary N) is 1. The van der Waals surface area contributed by atoms with E-state index in [1.807, 2.05) is 79.6 Å². The van der Waals surface area contributed by atoms with Crippen molar-refractivity contribution in [2.24, 2.45) is 4.99 Å². The highest BCUT2D eigenvalue weighted by Crippen LogP contribution is 2.46. The minimum Gasteiger partial charge on any atom is -0.493 e. The number of nitrogens with zero attached hydrogens (tertiary/aromatic N) is 2. The topological polar surface area (TPSA) is 98.7 Å². The van der Waals surface area contributed by atoms with Crippen molar-refractivity contribution in [3.8, 4) is 11.5 Å². The molecule has 10 heteroatoms. The van der Waals surface area contributed by atoms with Crippen LogP contribution in [-0.4, -0.2) is 54.4 Å². The number of thioether (sulfide) groups is 1. The van der Waals surface area contributed by atoms with Crippen molar-refractivity contribution in [3.63, 3.8) is 0 Å². The van der Waals surface area contributed by atoms with Gasteiger partial charge in [-0.15, -0.1) is 0 Å². The van der Waals surface area contributed by atoms with Crippen LogP contribution in [0.1, 0.15) is 57.2 Å². The Balaban J connectivity index is 1.43. The first-order valence-corrected chi connectivity index (χ1v) is 15.1. The molecule has 5 rings (SSSR count). The fourth-order valence-electron chi connectivity index (χ4n) is 5.19. The van der Waals surface area contributed by atoms with E-state index in [0.29, 0.717) is 41.1 Å². The maximum Gasteiger partial charge on any atom is 0.338 e. The summed E-state index contributed by atoms with van der Waals surface area (Å²) in [6.07, 6.45) is 1.84. The Bertz CT molecular complexity index is 1400. The molecule has 3 aliphatic rings. The predicted molar refractivity (Wildman–Crippen MR) is 162 cm³/mol. The number of hydrogen-bond donors (Lipinski definition) is 1. The molecule has 1 saturated heterocycles. The van der Waals surface area contributed by atoms with Gasteiger partial charge < -0.3 is 29.2 Å². The van der Waals surface area contributed by atoms with E-state index in [0.717, 1.165) is 36.3 Å². The van der Waals surface area contributed by atoms with Crippen LogP contribution in [0.2, 0.25) is 0 Å². The molecule has 0 aromatic heterocycles. The number of hydrogen-bond acceptors (Lipinski definition) is 9. The lowest BCUT2D eigenvalue weighted by Crippen LogP contribution is -2.39. The van der Waals surface area contributed by atoms with Crippen molar-refractivity contribution in [2.45, 2.75) is 64.9 Å². The zero-order valence-corrected chi connectivity index (χ0v) is 25.2. The zero-order valence-electron chi connectivity index (χ0n) is 24.4. The summed E-state index contributed by atoms with van der Waals surface area (Å²) in [5, 5.41) is 5.63. The van der Waals surface area contributed by atoms with Crippen molar-refractivity contribution in [2.75, 3.05) is 20.3 Å². The largest absolute Gasteiger partial charge is 0.493 e. The molecule has 2 atom stereocenters. The lowest BCUT2D eigenvalue weighted by Gasteiger charge is -2.36. The quantitative estimate of drug-likeness (QED) is 0.343. The number of fused-ring (bicyclic) bond motifs is 1. The van der Waals surface area contributed by atoms with Crippen LogP contribution in [0.4, 0.5) is 0 Å². The Labute approximate surface area is 250 Å². The number of benzene rings is 2. The Morgan fingerprint density at radius 1 is 1.17 bits per heavy atom. The third-order valence-electron chi connectivity index (χ3n) is 7.20. The maximum absolute atomic E-state index is 13.5. The van der Waals surface area contributed by atoms with E-state index >= 15 is 0 Å². The Kier molecular flexibility index (Phi) is 9.54. The molecular formula is C32H37N3O6S. The molecule has 1 amide bonds. The standard InChI is InChI=1S/C32H37N3O6S/c1-20(2)41-31(37)29-21(3)34-32-35(24(19-42-32)16-28(36)33-17-25-11-8-14-39-25)30(29)23-12-13-26(27(15-23)38-4)40-18-22-9-6-5-7-10-22/h5-7,9-10,12-13,15,19-20,25,30H,8,11,14,16-18H2,1-4H3,(H,33,36)/t25-,30+/m1/s1. The number of ether oxygens (including phenoxy) is 4. The Morgan fingerprint density at radius 2 is 1.98 bits per heavy atom. The van der Waals surface area contributed by atoms with Gasteiger partial charge in [-0.25, -0.2) is 9.79 Å². The van der Waals surface area contributed by atoms with Gasteiger partial charge in [-0.2, -0.15) is 0 Å². The monoisotopic (exact) mass is 591 g/mol. The van der Waals surface area contributed by atoms with Gasteiger partial charge in [-0.05, 0) is 62.3 Å². The van der Waals surface area contributed by atoms with Crippen molar-refractivity contribution in [1.29, 1.82) is 0 Å². The number of amidine groups is 1. The molecule has 0 radical (unpaired) electrons. The smallest absolute Gasteiger partial charge is 0.338 e. The molecule has 42 heavy (non-hydrogen) atoms. The molecule has 2 aromatic carbocycles. The molecule has 0 spiro atoms. The molecule has 2 aromatic rings. The molecule has 0 aliphatic carbocycles. The van der Waals surface area contributed by atoms with E-state index < -0.39 is 12.0 Å². The van der Waals surface area contributed by atoms with Crippen LogP contribution in [0.3, 0.4) is 0 Å². The third-order valence-corrected chi connectivity index (χ3v) is 8.09. The molecule has 0 saturated carbocycles. The van der Waals surface area contributed by atoms with Gasteiger partial charge >= 0.3 is 5.97 Å². The molecule has 3 aliphatic heterocycles. The highest BCUT2D eigenvalue weighted by Gasteiger charge is 2.41. The first-order chi connectivity index (χ1) is 20.3. The Hall–Kier alpha value is -3.76. The number of amides is 1. The van der Waals surface area contributed by atoms with E-state index in [2.05, 4.69) is 5.32 Å². The summed E-state index contributed by atoms with van der Waals surface area (Å²) in [5.41, 5.74) is 3.57. The van der Waals surface area contributed by atoms with Gasteiger partial charge in [0.1, 0.15) is 6.61 Å². The minimum atomic E-state index is -0.576. The van der Waals surface area contributed by atoms with Gasteiger partial charge in [0.05, 0.1) is 43.1 Å². The summed E-state index contributed by atoms with van der Waals surface area (Å²) in [4.78, 5) is 33.2. The summed E-state index contributed by atoms with van der Waals surface area (Å²) >= 11 is 1.44. The first kappa shape index (κ1) is 29.7. The summed E-state index contributed by atoms with van der Waals surface area (Å²) < 4.78 is 23.1. The number of carbonyl (C=O) groups excluding carboxylic acids is 2. The minimum absolute atomic E-state index is 0.0545. The maximum atomic E-state index is 13.5. The second-order valence-corrected chi connectivity index (χ2v) is 11.5. The number of methoxy groups -OCH3 is 1. The number of allylic oxidation sites excluding steroid dienone is 1. The highest BCUT2D eigenvalue weighted by molar-refractivity contribution is 8.16. The summed E-state index contributed by atoms with van der Waals surface area (Å²) in [7, 11) is 1.59. The molecule has 1 N–H and O–H groups in total. The number of rotatable bonds is 11. The SMILES string of the molecule is COc1cc([C@H]2C(C(=O)OC(C)C)=C(C)N=C3SC=C(CC(=O)NC[C@H]4CCCO4)N32)ccc1OCc1ccccc1. The van der Waals surface area contributed by atoms with Crippen LogP contribution >= 0.6 is 11.8 Å². The van der Waals surface area contributed by atoms with Gasteiger partial charge in [-0.3, -0.25) is 4.79 Å². The number of aliphatic imine (C=N–C) groups is 1. The zero-order chi connectivity index (χ0) is 29.6. The van der Waals surface area contributed by atoms with Gasteiger partial charge in [-0.1, -0.05) is 48.2 Å². The van der Waals surface area contributed by atoms with Gasteiger partial charge in [0, 0.05) is 18.8 Å². The van der Waals surface area contributed by atoms with Crippen LogP contribution in [0.5, 0.6) is 11.5 Å². The molecular weight excluding hydrogens is 554 g/mol. The van der Waals surface area contributed by atoms with Crippen molar-refractivity contribution in [3.05, 3.63) is 82.0 Å². The normalized spacial score (nSPS) is 19.8. The molecule has 0 unspecified atom stereocenters. The second kappa shape index (κ2) is 13.5. The lowest BCUT2D eigenvalue weighted by molar-refractivity contribution is -0.143. The number of esters is 1. The molecule has 0 bridgehead atoms. The van der Waals surface area contributed by atoms with Gasteiger partial charge in [0.25, 0.3) is 0 Å². The average Bonchev–Trinajstić information content (AvgIpc) is 3.64. The van der Waals surface area contributed by atoms with E-state index in [1.165, 1.54) is 11.8 Å². The summed E-state index contributed by atoms with van der Waals surface area (Å²) in [5.74, 6) is 0.560. The van der Waals surface area contributed by atoms with Crippen LogP contribution in [0.15, 0.2) is 75.9 Å². The molecule has 222 valence electrons. The van der Waals surface area contributed by atoms with Gasteiger partial charge in [0.2, 0.25) is 5.91 Å². The fraction of sp³-hybridized carbons (Fsp3) is 0.406. The summed E-state index contributed by atoms with van der Waals surface area (Å²) in [6.45, 7) is 7.05. The van der Waals surface area contributed by atoms with Crippen LogP contribution in [0.25, 0.3) is 0 Å². The second-order valence-electron chi connectivity index (χ2n) is 10.6. The van der Waals surface area contributed by atoms with E-state index in [-0.39, 0.29) is 24.5 Å². The predicted octanol–water partition coefficient (Wildman–Crippen LogP) is 5.49.